The number of aryl methyl sites for hydroxylation is 1. The Morgan fingerprint density at radius 3 is 2.63 bits per heavy atom. The zero-order valence-electron chi connectivity index (χ0n) is 12.2. The number of imidazole rings is 1. The number of hydrogen-bond acceptors (Lipinski definition) is 4. The first kappa shape index (κ1) is 13.5. The Morgan fingerprint density at radius 2 is 2.05 bits per heavy atom. The van der Waals surface area contributed by atoms with E-state index in [2.05, 4.69) is 45.6 Å². The number of hydrogen-bond donors (Lipinski definition) is 1. The van der Waals surface area contributed by atoms with Crippen molar-refractivity contribution < 1.29 is 0 Å². The van der Waals surface area contributed by atoms with Gasteiger partial charge in [0, 0.05) is 24.3 Å². The van der Waals surface area contributed by atoms with Crippen LogP contribution in [0.2, 0.25) is 0 Å². The maximum Gasteiger partial charge on any atom is 0.180 e. The second-order valence-electron chi connectivity index (χ2n) is 4.85. The lowest BCUT2D eigenvalue weighted by Crippen LogP contribution is -2.08. The predicted molar refractivity (Wildman–Crippen MR) is 77.3 cm³/mol. The lowest BCUT2D eigenvalue weighted by molar-refractivity contribution is 0.603. The van der Waals surface area contributed by atoms with Crippen molar-refractivity contribution in [1.29, 1.82) is 0 Å². The fraction of sp³-hybridized carbons (Fsp3) is 0.500. The molecule has 0 fully saturated rings. The topological polar surface area (TPSA) is 55.6 Å². The summed E-state index contributed by atoms with van der Waals surface area (Å²) in [5.74, 6) is 1.62. The summed E-state index contributed by atoms with van der Waals surface area (Å²) >= 11 is 0. The molecule has 102 valence electrons. The number of rotatable bonds is 4. The first-order valence-electron chi connectivity index (χ1n) is 6.65. The van der Waals surface area contributed by atoms with Crippen LogP contribution in [0.3, 0.4) is 0 Å². The highest BCUT2D eigenvalue weighted by Crippen LogP contribution is 2.23. The number of nitrogens with one attached hydrogen (secondary N) is 1. The molecule has 0 saturated heterocycles. The highest BCUT2D eigenvalue weighted by Gasteiger charge is 2.14. The zero-order valence-corrected chi connectivity index (χ0v) is 12.2. The summed E-state index contributed by atoms with van der Waals surface area (Å²) < 4.78 is 2.09. The zero-order chi connectivity index (χ0) is 14.0. The summed E-state index contributed by atoms with van der Waals surface area (Å²) in [6, 6.07) is 0.338. The van der Waals surface area contributed by atoms with E-state index in [-0.39, 0.29) is 0 Å². The molecule has 2 rings (SSSR count). The van der Waals surface area contributed by atoms with Crippen LogP contribution in [0.1, 0.15) is 38.1 Å². The van der Waals surface area contributed by atoms with Gasteiger partial charge in [0.1, 0.15) is 11.5 Å². The average molecular weight is 259 g/mol. The molecule has 1 N–H and O–H groups in total. The van der Waals surface area contributed by atoms with E-state index in [0.29, 0.717) is 6.04 Å². The molecule has 0 radical (unpaired) electrons. The fourth-order valence-electron chi connectivity index (χ4n) is 2.15. The first-order chi connectivity index (χ1) is 9.08. The van der Waals surface area contributed by atoms with Crippen LogP contribution in [0, 0.1) is 6.92 Å². The van der Waals surface area contributed by atoms with Gasteiger partial charge in [-0.05, 0) is 27.2 Å². The summed E-state index contributed by atoms with van der Waals surface area (Å²) in [7, 11) is 1.89. The van der Waals surface area contributed by atoms with Gasteiger partial charge in [-0.25, -0.2) is 15.0 Å². The molecule has 0 amide bonds. The molecule has 0 saturated carbocycles. The van der Waals surface area contributed by atoms with Gasteiger partial charge in [-0.1, -0.05) is 6.92 Å². The van der Waals surface area contributed by atoms with Gasteiger partial charge < -0.3 is 9.88 Å². The molecule has 0 atom stereocenters. The Balaban J connectivity index is 2.59. The lowest BCUT2D eigenvalue weighted by Gasteiger charge is -2.14. The van der Waals surface area contributed by atoms with Crippen LogP contribution in [0.5, 0.6) is 0 Å². The first-order valence-corrected chi connectivity index (χ1v) is 6.65. The standard InChI is InChI=1S/C14H21N5/c1-6-11-10(4)13(15-5)18-14(17-11)12-7-16-8-19(12)9(2)3/h7-9H,6H2,1-5H3,(H,15,17,18). The van der Waals surface area contributed by atoms with Gasteiger partial charge in [-0.15, -0.1) is 0 Å². The fourth-order valence-corrected chi connectivity index (χ4v) is 2.15. The Bertz CT molecular complexity index is 546. The molecule has 0 spiro atoms. The summed E-state index contributed by atoms with van der Waals surface area (Å²) in [6.07, 6.45) is 4.54. The molecule has 2 aromatic heterocycles. The summed E-state index contributed by atoms with van der Waals surface area (Å²) in [4.78, 5) is 13.5. The number of aromatic nitrogens is 4. The van der Waals surface area contributed by atoms with E-state index >= 15 is 0 Å². The van der Waals surface area contributed by atoms with Crippen LogP contribution in [-0.4, -0.2) is 26.6 Å². The second-order valence-corrected chi connectivity index (χ2v) is 4.85. The van der Waals surface area contributed by atoms with Crippen molar-refractivity contribution in [1.82, 2.24) is 19.5 Å². The quantitative estimate of drug-likeness (QED) is 0.917. The Morgan fingerprint density at radius 1 is 1.32 bits per heavy atom. The van der Waals surface area contributed by atoms with Crippen LogP contribution in [0.25, 0.3) is 11.5 Å². The van der Waals surface area contributed by atoms with Gasteiger partial charge in [-0.2, -0.15) is 0 Å². The molecular weight excluding hydrogens is 238 g/mol. The number of anilines is 1. The Kier molecular flexibility index (Phi) is 3.83. The maximum absolute atomic E-state index is 4.67. The molecule has 5 heteroatoms. The van der Waals surface area contributed by atoms with E-state index in [9.17, 15) is 0 Å². The van der Waals surface area contributed by atoms with Crippen molar-refractivity contribution in [2.45, 2.75) is 40.2 Å². The molecule has 0 unspecified atom stereocenters. The smallest absolute Gasteiger partial charge is 0.180 e. The highest BCUT2D eigenvalue weighted by atomic mass is 15.1. The minimum absolute atomic E-state index is 0.338. The molecule has 2 heterocycles. The third kappa shape index (κ3) is 2.45. The molecule has 2 aromatic rings. The van der Waals surface area contributed by atoms with Crippen molar-refractivity contribution in [3.63, 3.8) is 0 Å². The normalized spacial score (nSPS) is 11.1. The molecule has 19 heavy (non-hydrogen) atoms. The van der Waals surface area contributed by atoms with Gasteiger partial charge >= 0.3 is 0 Å². The minimum Gasteiger partial charge on any atom is -0.373 e. The summed E-state index contributed by atoms with van der Waals surface area (Å²) in [6.45, 7) is 8.41. The largest absolute Gasteiger partial charge is 0.373 e. The van der Waals surface area contributed by atoms with Gasteiger partial charge in [-0.3, -0.25) is 0 Å². The van der Waals surface area contributed by atoms with Gasteiger partial charge in [0.2, 0.25) is 0 Å². The van der Waals surface area contributed by atoms with E-state index < -0.39 is 0 Å². The molecule has 0 aliphatic rings. The van der Waals surface area contributed by atoms with Crippen molar-refractivity contribution in [3.05, 3.63) is 23.8 Å². The van der Waals surface area contributed by atoms with Gasteiger partial charge in [0.15, 0.2) is 5.82 Å². The van der Waals surface area contributed by atoms with E-state index in [4.69, 9.17) is 0 Å². The maximum atomic E-state index is 4.67. The van der Waals surface area contributed by atoms with Crippen molar-refractivity contribution in [3.8, 4) is 11.5 Å². The van der Waals surface area contributed by atoms with Crippen molar-refractivity contribution in [2.75, 3.05) is 12.4 Å². The average Bonchev–Trinajstić information content (AvgIpc) is 2.88. The Labute approximate surface area is 114 Å². The lowest BCUT2D eigenvalue weighted by atomic mass is 10.2. The van der Waals surface area contributed by atoms with Crippen LogP contribution in [0.4, 0.5) is 5.82 Å². The molecule has 0 aliphatic heterocycles. The third-order valence-electron chi connectivity index (χ3n) is 3.27. The van der Waals surface area contributed by atoms with E-state index in [1.54, 1.807) is 0 Å². The molecule has 0 aromatic carbocycles. The SMILES string of the molecule is CCc1nc(-c2cncn2C(C)C)nc(NC)c1C. The second kappa shape index (κ2) is 5.38. The minimum atomic E-state index is 0.338. The van der Waals surface area contributed by atoms with Crippen LogP contribution in [-0.2, 0) is 6.42 Å². The highest BCUT2D eigenvalue weighted by molar-refractivity contribution is 5.56. The molecular formula is C14H21N5. The van der Waals surface area contributed by atoms with E-state index in [0.717, 1.165) is 35.0 Å². The molecule has 0 aliphatic carbocycles. The van der Waals surface area contributed by atoms with Crippen molar-refractivity contribution >= 4 is 5.82 Å². The van der Waals surface area contributed by atoms with E-state index in [1.807, 2.05) is 26.5 Å². The Hall–Kier alpha value is -1.91. The van der Waals surface area contributed by atoms with Crippen molar-refractivity contribution in [2.24, 2.45) is 0 Å². The molecule has 5 nitrogen and oxygen atoms in total. The number of nitrogens with zero attached hydrogens (tertiary/aromatic N) is 4. The molecule has 0 bridgehead atoms. The predicted octanol–water partition coefficient (Wildman–Crippen LogP) is 2.83. The summed E-state index contributed by atoms with van der Waals surface area (Å²) in [5, 5.41) is 3.14. The van der Waals surface area contributed by atoms with Crippen LogP contribution in [0.15, 0.2) is 12.5 Å². The van der Waals surface area contributed by atoms with Gasteiger partial charge in [0.05, 0.1) is 12.5 Å². The van der Waals surface area contributed by atoms with Crippen LogP contribution >= 0.6 is 0 Å². The monoisotopic (exact) mass is 259 g/mol. The summed E-state index contributed by atoms with van der Waals surface area (Å²) in [5.41, 5.74) is 3.15. The van der Waals surface area contributed by atoms with Crippen LogP contribution < -0.4 is 5.32 Å². The van der Waals surface area contributed by atoms with E-state index in [1.165, 1.54) is 0 Å². The third-order valence-corrected chi connectivity index (χ3v) is 3.27. The van der Waals surface area contributed by atoms with Gasteiger partial charge in [0.25, 0.3) is 0 Å².